The minimum absolute atomic E-state index is 0.174. The molecule has 2 N–H and O–H groups in total. The van der Waals surface area contributed by atoms with Gasteiger partial charge >= 0.3 is 6.09 Å². The van der Waals surface area contributed by atoms with Gasteiger partial charge in [-0.25, -0.2) is 4.79 Å². The molecule has 176 valence electrons. The van der Waals surface area contributed by atoms with Crippen LogP contribution in [0.25, 0.3) is 11.6 Å². The smallest absolute Gasteiger partial charge is 0.412 e. The average molecular weight is 451 g/mol. The zero-order valence-corrected chi connectivity index (χ0v) is 20.8. The number of carbonyl (C=O) groups excluding carboxylic acids is 2. The number of rotatable bonds is 5. The highest BCUT2D eigenvalue weighted by atomic mass is 16.6. The number of fused-ring (bicyclic) bond motifs is 1. The summed E-state index contributed by atoms with van der Waals surface area (Å²) in [6, 6.07) is 9.52. The zero-order chi connectivity index (χ0) is 24.5. The SMILES string of the molecule is COc1c(C(C)C)cc(/C=C2\C(=O)Nc3cc(NC(=O)OC(C)(C)C)ccc32)cc1C(C)C. The first-order valence-electron chi connectivity index (χ1n) is 11.3. The second-order valence-electron chi connectivity index (χ2n) is 9.94. The summed E-state index contributed by atoms with van der Waals surface area (Å²) in [5, 5.41) is 5.62. The third-order valence-electron chi connectivity index (χ3n) is 5.38. The van der Waals surface area contributed by atoms with Crippen LogP contribution < -0.4 is 15.4 Å². The second kappa shape index (κ2) is 9.30. The Morgan fingerprint density at radius 1 is 1.03 bits per heavy atom. The van der Waals surface area contributed by atoms with E-state index in [1.807, 2.05) is 12.1 Å². The molecular formula is C27H34N2O4. The van der Waals surface area contributed by atoms with Crippen LogP contribution in [0.5, 0.6) is 5.75 Å². The molecule has 0 spiro atoms. The molecule has 0 saturated heterocycles. The number of amides is 2. The first-order valence-corrected chi connectivity index (χ1v) is 11.3. The van der Waals surface area contributed by atoms with Crippen molar-refractivity contribution < 1.29 is 19.1 Å². The third kappa shape index (κ3) is 5.56. The Bertz CT molecular complexity index is 1080. The molecule has 1 heterocycles. The lowest BCUT2D eigenvalue weighted by atomic mass is 9.90. The van der Waals surface area contributed by atoms with Gasteiger partial charge in [0.1, 0.15) is 11.4 Å². The summed E-state index contributed by atoms with van der Waals surface area (Å²) in [5.41, 5.74) is 5.19. The molecule has 0 aliphatic carbocycles. The first kappa shape index (κ1) is 24.4. The molecular weight excluding hydrogens is 416 g/mol. The topological polar surface area (TPSA) is 76.7 Å². The van der Waals surface area contributed by atoms with Crippen molar-refractivity contribution in [1.82, 2.24) is 0 Å². The number of ether oxygens (including phenoxy) is 2. The predicted molar refractivity (Wildman–Crippen MR) is 134 cm³/mol. The lowest BCUT2D eigenvalue weighted by Crippen LogP contribution is -2.27. The van der Waals surface area contributed by atoms with Gasteiger partial charge in [0.2, 0.25) is 0 Å². The van der Waals surface area contributed by atoms with Gasteiger partial charge in [-0.2, -0.15) is 0 Å². The van der Waals surface area contributed by atoms with Gasteiger partial charge in [0.25, 0.3) is 5.91 Å². The van der Waals surface area contributed by atoms with Crippen molar-refractivity contribution in [2.24, 2.45) is 0 Å². The van der Waals surface area contributed by atoms with E-state index in [0.717, 1.165) is 28.0 Å². The van der Waals surface area contributed by atoms with Crippen LogP contribution >= 0.6 is 0 Å². The van der Waals surface area contributed by atoms with E-state index in [4.69, 9.17) is 9.47 Å². The van der Waals surface area contributed by atoms with Crippen molar-refractivity contribution in [2.75, 3.05) is 17.7 Å². The Morgan fingerprint density at radius 2 is 1.64 bits per heavy atom. The van der Waals surface area contributed by atoms with Gasteiger partial charge in [-0.1, -0.05) is 33.8 Å². The van der Waals surface area contributed by atoms with E-state index in [1.54, 1.807) is 40.0 Å². The van der Waals surface area contributed by atoms with Crippen LogP contribution in [0.1, 0.15) is 82.6 Å². The van der Waals surface area contributed by atoms with Crippen LogP contribution in [0, 0.1) is 0 Å². The third-order valence-corrected chi connectivity index (χ3v) is 5.38. The van der Waals surface area contributed by atoms with E-state index in [-0.39, 0.29) is 17.7 Å². The van der Waals surface area contributed by atoms with Crippen molar-refractivity contribution in [3.8, 4) is 5.75 Å². The van der Waals surface area contributed by atoms with Crippen molar-refractivity contribution in [1.29, 1.82) is 0 Å². The number of hydrogen-bond donors (Lipinski definition) is 2. The number of benzene rings is 2. The Labute approximate surface area is 196 Å². The van der Waals surface area contributed by atoms with E-state index in [2.05, 4.69) is 50.5 Å². The van der Waals surface area contributed by atoms with Crippen LogP contribution in [-0.2, 0) is 9.53 Å². The lowest BCUT2D eigenvalue weighted by Gasteiger charge is -2.20. The maximum Gasteiger partial charge on any atom is 0.412 e. The Hall–Kier alpha value is -3.28. The van der Waals surface area contributed by atoms with Gasteiger partial charge in [0.05, 0.1) is 12.8 Å². The first-order chi connectivity index (χ1) is 15.4. The molecule has 0 bridgehead atoms. The van der Waals surface area contributed by atoms with Gasteiger partial charge in [-0.3, -0.25) is 10.1 Å². The molecule has 1 aliphatic heterocycles. The van der Waals surface area contributed by atoms with Crippen molar-refractivity contribution in [3.05, 3.63) is 52.6 Å². The average Bonchev–Trinajstić information content (AvgIpc) is 3.00. The van der Waals surface area contributed by atoms with E-state index < -0.39 is 11.7 Å². The largest absolute Gasteiger partial charge is 0.496 e. The molecule has 1 aliphatic rings. The van der Waals surface area contributed by atoms with Crippen LogP contribution in [0.4, 0.5) is 16.2 Å². The highest BCUT2D eigenvalue weighted by Crippen LogP contribution is 2.39. The molecule has 0 saturated carbocycles. The van der Waals surface area contributed by atoms with Gasteiger partial charge in [-0.15, -0.1) is 0 Å². The summed E-state index contributed by atoms with van der Waals surface area (Å²) in [6.45, 7) is 14.0. The van der Waals surface area contributed by atoms with Crippen LogP contribution in [0.2, 0.25) is 0 Å². The summed E-state index contributed by atoms with van der Waals surface area (Å²) in [7, 11) is 1.70. The molecule has 0 aromatic heterocycles. The highest BCUT2D eigenvalue weighted by molar-refractivity contribution is 6.35. The fourth-order valence-corrected chi connectivity index (χ4v) is 3.88. The molecule has 0 atom stereocenters. The van der Waals surface area contributed by atoms with Crippen LogP contribution in [0.3, 0.4) is 0 Å². The zero-order valence-electron chi connectivity index (χ0n) is 20.8. The Kier molecular flexibility index (Phi) is 6.86. The molecule has 2 amide bonds. The second-order valence-corrected chi connectivity index (χ2v) is 9.94. The number of anilines is 2. The minimum atomic E-state index is -0.590. The van der Waals surface area contributed by atoms with Crippen LogP contribution in [-0.4, -0.2) is 24.7 Å². The highest BCUT2D eigenvalue weighted by Gasteiger charge is 2.26. The number of carbonyl (C=O) groups is 2. The maximum atomic E-state index is 12.8. The van der Waals surface area contributed by atoms with Gasteiger partial charge in [-0.05, 0) is 79.6 Å². The normalized spacial score (nSPS) is 14.5. The lowest BCUT2D eigenvalue weighted by molar-refractivity contribution is -0.110. The standard InChI is InChI=1S/C27H34N2O4/c1-15(2)20-11-17(12-21(16(3)4)24(20)32-8)13-22-19-10-9-18(14-23(19)29-25(22)30)28-26(31)33-27(5,6)7/h9-16H,1-8H3,(H,28,31)(H,29,30)/b22-13-. The summed E-state index contributed by atoms with van der Waals surface area (Å²) in [4.78, 5) is 24.9. The van der Waals surface area contributed by atoms with Gasteiger partial charge in [0.15, 0.2) is 0 Å². The van der Waals surface area contributed by atoms with Crippen molar-refractivity contribution in [2.45, 2.75) is 65.9 Å². The molecule has 2 aromatic rings. The summed E-state index contributed by atoms with van der Waals surface area (Å²) >= 11 is 0. The summed E-state index contributed by atoms with van der Waals surface area (Å²) in [6.07, 6.45) is 1.38. The number of nitrogens with one attached hydrogen (secondary N) is 2. The van der Waals surface area contributed by atoms with Crippen molar-refractivity contribution >= 4 is 35.0 Å². The Balaban J connectivity index is 1.97. The molecule has 0 radical (unpaired) electrons. The van der Waals surface area contributed by atoms with Crippen molar-refractivity contribution in [3.63, 3.8) is 0 Å². The fraction of sp³-hybridized carbons (Fsp3) is 0.407. The molecule has 0 unspecified atom stereocenters. The van der Waals surface area contributed by atoms with E-state index in [9.17, 15) is 9.59 Å². The van der Waals surface area contributed by atoms with Gasteiger partial charge < -0.3 is 14.8 Å². The summed E-state index contributed by atoms with van der Waals surface area (Å²) < 4.78 is 11.0. The number of hydrogen-bond acceptors (Lipinski definition) is 4. The minimum Gasteiger partial charge on any atom is -0.496 e. The number of methoxy groups -OCH3 is 1. The Morgan fingerprint density at radius 3 is 2.15 bits per heavy atom. The quantitative estimate of drug-likeness (QED) is 0.492. The van der Waals surface area contributed by atoms with E-state index >= 15 is 0 Å². The van der Waals surface area contributed by atoms with Crippen LogP contribution in [0.15, 0.2) is 30.3 Å². The van der Waals surface area contributed by atoms with E-state index in [0.29, 0.717) is 16.9 Å². The molecule has 0 fully saturated rings. The predicted octanol–water partition coefficient (Wildman–Crippen LogP) is 6.78. The maximum absolute atomic E-state index is 12.8. The summed E-state index contributed by atoms with van der Waals surface area (Å²) in [5.74, 6) is 1.30. The molecule has 2 aromatic carbocycles. The van der Waals surface area contributed by atoms with E-state index in [1.165, 1.54) is 0 Å². The van der Waals surface area contributed by atoms with Gasteiger partial charge in [0, 0.05) is 16.8 Å². The molecule has 6 heteroatoms. The molecule has 6 nitrogen and oxygen atoms in total. The molecule has 3 rings (SSSR count). The monoisotopic (exact) mass is 450 g/mol. The fourth-order valence-electron chi connectivity index (χ4n) is 3.88. The molecule has 33 heavy (non-hydrogen) atoms.